The maximum absolute atomic E-state index is 13.3. The molecular formula is C17H15BrFN3O. The number of ether oxygens (including phenoxy) is 1. The first kappa shape index (κ1) is 15.8. The van der Waals surface area contributed by atoms with Crippen molar-refractivity contribution in [3.8, 4) is 18.1 Å². The second-order valence-corrected chi connectivity index (χ2v) is 6.15. The molecule has 1 aromatic heterocycles. The monoisotopic (exact) mass is 375 g/mol. The topological polar surface area (TPSA) is 38.2 Å². The van der Waals surface area contributed by atoms with Gasteiger partial charge < -0.3 is 9.64 Å². The van der Waals surface area contributed by atoms with Crippen LogP contribution in [0.3, 0.4) is 0 Å². The smallest absolute Gasteiger partial charge is 0.225 e. The number of hydrogen-bond donors (Lipinski definition) is 0. The molecule has 1 aromatic carbocycles. The third-order valence-electron chi connectivity index (χ3n) is 3.72. The van der Waals surface area contributed by atoms with E-state index < -0.39 is 0 Å². The van der Waals surface area contributed by atoms with Crippen LogP contribution >= 0.6 is 15.9 Å². The molecule has 4 nitrogen and oxygen atoms in total. The Hall–Kier alpha value is -2.13. The average Bonchev–Trinajstić information content (AvgIpc) is 2.59. The van der Waals surface area contributed by atoms with Gasteiger partial charge in [-0.25, -0.2) is 14.4 Å². The molecule has 0 N–H and O–H groups in total. The Bertz CT molecular complexity index is 722. The first-order chi connectivity index (χ1) is 11.2. The third kappa shape index (κ3) is 3.80. The molecule has 23 heavy (non-hydrogen) atoms. The molecule has 0 aliphatic carbocycles. The summed E-state index contributed by atoms with van der Waals surface area (Å²) < 4.78 is 20.0. The molecular weight excluding hydrogens is 361 g/mol. The van der Waals surface area contributed by atoms with Gasteiger partial charge in [-0.05, 0) is 28.1 Å². The fourth-order valence-corrected chi connectivity index (χ4v) is 2.82. The van der Waals surface area contributed by atoms with Gasteiger partial charge in [0.25, 0.3) is 0 Å². The van der Waals surface area contributed by atoms with Crippen LogP contribution in [0.25, 0.3) is 0 Å². The minimum Gasteiger partial charge on any atom is -0.489 e. The number of hydrogen-bond acceptors (Lipinski definition) is 4. The Balaban J connectivity index is 1.59. The predicted molar refractivity (Wildman–Crippen MR) is 89.9 cm³/mol. The molecule has 0 saturated carbocycles. The summed E-state index contributed by atoms with van der Waals surface area (Å²) in [6.45, 7) is 1.57. The van der Waals surface area contributed by atoms with Crippen LogP contribution < -0.4 is 9.64 Å². The Kier molecular flexibility index (Phi) is 4.77. The lowest BCUT2D eigenvalue weighted by Gasteiger charge is -2.32. The van der Waals surface area contributed by atoms with Gasteiger partial charge in [-0.2, -0.15) is 0 Å². The van der Waals surface area contributed by atoms with Crippen molar-refractivity contribution in [2.75, 3.05) is 18.0 Å². The maximum Gasteiger partial charge on any atom is 0.225 e. The molecule has 0 spiro atoms. The first-order valence-corrected chi connectivity index (χ1v) is 8.10. The van der Waals surface area contributed by atoms with Crippen molar-refractivity contribution < 1.29 is 9.13 Å². The van der Waals surface area contributed by atoms with Crippen LogP contribution in [0.2, 0.25) is 0 Å². The maximum atomic E-state index is 13.3. The highest BCUT2D eigenvalue weighted by molar-refractivity contribution is 9.10. The molecule has 3 rings (SSSR count). The average molecular weight is 376 g/mol. The fourth-order valence-electron chi connectivity index (χ4n) is 2.48. The number of terminal acetylenes is 1. The second-order valence-electron chi connectivity index (χ2n) is 5.30. The van der Waals surface area contributed by atoms with Gasteiger partial charge in [0.05, 0.1) is 10.0 Å². The molecule has 2 aromatic rings. The SMILES string of the molecule is C#Cc1cnc(N2CCC(Oc3cc(F)ccc3Br)CC2)nc1. The molecule has 1 aliphatic heterocycles. The number of anilines is 1. The van der Waals surface area contributed by atoms with Crippen LogP contribution in [0.15, 0.2) is 35.1 Å². The Morgan fingerprint density at radius 3 is 2.61 bits per heavy atom. The summed E-state index contributed by atoms with van der Waals surface area (Å²) >= 11 is 3.38. The molecule has 1 aliphatic rings. The summed E-state index contributed by atoms with van der Waals surface area (Å²) in [4.78, 5) is 10.7. The highest BCUT2D eigenvalue weighted by Crippen LogP contribution is 2.28. The minimum absolute atomic E-state index is 0.0503. The van der Waals surface area contributed by atoms with Crippen LogP contribution in [0, 0.1) is 18.2 Å². The molecule has 0 radical (unpaired) electrons. The number of aromatic nitrogens is 2. The second kappa shape index (κ2) is 6.97. The molecule has 2 heterocycles. The standard InChI is InChI=1S/C17H15BrFN3O/c1-2-12-10-20-17(21-11-12)22-7-5-14(6-8-22)23-16-9-13(19)3-4-15(16)18/h1,3-4,9-11,14H,5-8H2. The summed E-state index contributed by atoms with van der Waals surface area (Å²) in [5.41, 5.74) is 0.669. The lowest BCUT2D eigenvalue weighted by atomic mass is 10.1. The van der Waals surface area contributed by atoms with Gasteiger partial charge in [0.2, 0.25) is 5.95 Å². The fraction of sp³-hybridized carbons (Fsp3) is 0.294. The zero-order valence-corrected chi connectivity index (χ0v) is 14.0. The van der Waals surface area contributed by atoms with E-state index in [2.05, 4.69) is 36.7 Å². The highest BCUT2D eigenvalue weighted by Gasteiger charge is 2.23. The van der Waals surface area contributed by atoms with Crippen molar-refractivity contribution in [1.29, 1.82) is 0 Å². The Morgan fingerprint density at radius 2 is 1.96 bits per heavy atom. The van der Waals surface area contributed by atoms with Gasteiger partial charge >= 0.3 is 0 Å². The lowest BCUT2D eigenvalue weighted by molar-refractivity contribution is 0.168. The predicted octanol–water partition coefficient (Wildman–Crippen LogP) is 3.41. The largest absolute Gasteiger partial charge is 0.489 e. The van der Waals surface area contributed by atoms with Gasteiger partial charge in [-0.1, -0.05) is 5.92 Å². The summed E-state index contributed by atoms with van der Waals surface area (Å²) in [6.07, 6.45) is 10.3. The van der Waals surface area contributed by atoms with Crippen molar-refractivity contribution in [3.05, 3.63) is 46.4 Å². The van der Waals surface area contributed by atoms with Gasteiger partial charge in [0.1, 0.15) is 17.7 Å². The Morgan fingerprint density at radius 1 is 1.26 bits per heavy atom. The number of piperidine rings is 1. The van der Waals surface area contributed by atoms with Crippen molar-refractivity contribution in [3.63, 3.8) is 0 Å². The lowest BCUT2D eigenvalue weighted by Crippen LogP contribution is -2.39. The van der Waals surface area contributed by atoms with E-state index in [0.29, 0.717) is 17.3 Å². The number of halogens is 2. The van der Waals surface area contributed by atoms with Crippen LogP contribution in [0.5, 0.6) is 5.75 Å². The van der Waals surface area contributed by atoms with Gasteiger partial charge in [0.15, 0.2) is 0 Å². The van der Waals surface area contributed by atoms with Crippen molar-refractivity contribution in [2.45, 2.75) is 18.9 Å². The van der Waals surface area contributed by atoms with E-state index >= 15 is 0 Å². The van der Waals surface area contributed by atoms with E-state index in [9.17, 15) is 4.39 Å². The third-order valence-corrected chi connectivity index (χ3v) is 4.37. The van der Waals surface area contributed by atoms with Crippen LogP contribution in [-0.4, -0.2) is 29.2 Å². The van der Waals surface area contributed by atoms with Crippen molar-refractivity contribution in [2.24, 2.45) is 0 Å². The molecule has 1 saturated heterocycles. The quantitative estimate of drug-likeness (QED) is 0.770. The van der Waals surface area contributed by atoms with E-state index in [1.54, 1.807) is 18.5 Å². The van der Waals surface area contributed by atoms with Crippen molar-refractivity contribution in [1.82, 2.24) is 9.97 Å². The van der Waals surface area contributed by atoms with Gasteiger partial charge in [-0.15, -0.1) is 6.42 Å². The highest BCUT2D eigenvalue weighted by atomic mass is 79.9. The van der Waals surface area contributed by atoms with Crippen LogP contribution in [-0.2, 0) is 0 Å². The van der Waals surface area contributed by atoms with E-state index in [-0.39, 0.29) is 11.9 Å². The minimum atomic E-state index is -0.303. The summed E-state index contributed by atoms with van der Waals surface area (Å²) in [5.74, 6) is 3.41. The van der Waals surface area contributed by atoms with E-state index in [0.717, 1.165) is 30.4 Å². The van der Waals surface area contributed by atoms with E-state index in [1.807, 2.05) is 0 Å². The van der Waals surface area contributed by atoms with Gasteiger partial charge in [0, 0.05) is 44.4 Å². The van der Waals surface area contributed by atoms with Crippen LogP contribution in [0.4, 0.5) is 10.3 Å². The first-order valence-electron chi connectivity index (χ1n) is 7.31. The van der Waals surface area contributed by atoms with Crippen LogP contribution in [0.1, 0.15) is 18.4 Å². The summed E-state index contributed by atoms with van der Waals surface area (Å²) in [5, 5.41) is 0. The van der Waals surface area contributed by atoms with E-state index in [4.69, 9.17) is 11.2 Å². The zero-order chi connectivity index (χ0) is 16.2. The molecule has 6 heteroatoms. The number of benzene rings is 1. The Labute approximate surface area is 142 Å². The van der Waals surface area contributed by atoms with Crippen molar-refractivity contribution >= 4 is 21.9 Å². The molecule has 0 unspecified atom stereocenters. The number of rotatable bonds is 3. The van der Waals surface area contributed by atoms with Gasteiger partial charge in [-0.3, -0.25) is 0 Å². The molecule has 0 bridgehead atoms. The summed E-state index contributed by atoms with van der Waals surface area (Å²) in [6, 6.07) is 4.45. The zero-order valence-electron chi connectivity index (χ0n) is 12.4. The summed E-state index contributed by atoms with van der Waals surface area (Å²) in [7, 11) is 0. The molecule has 0 amide bonds. The normalized spacial score (nSPS) is 15.3. The molecule has 118 valence electrons. The molecule has 1 fully saturated rings. The number of nitrogens with zero attached hydrogens (tertiary/aromatic N) is 3. The molecule has 0 atom stereocenters. The van der Waals surface area contributed by atoms with E-state index in [1.165, 1.54) is 12.1 Å².